The average Bonchev–Trinajstić information content (AvgIpc) is 2.91. The molecule has 1 aromatic rings. The average molecular weight is 340 g/mol. The Morgan fingerprint density at radius 1 is 1.43 bits per heavy atom. The molecule has 0 aliphatic carbocycles. The SMILES string of the molecule is CN(CCOc1ccc(Cl)cc1)C(=O)CN1CCC(C)(CN)C1. The lowest BCUT2D eigenvalue weighted by atomic mass is 9.90. The van der Waals surface area contributed by atoms with E-state index in [2.05, 4.69) is 11.8 Å². The number of ether oxygens (including phenoxy) is 1. The van der Waals surface area contributed by atoms with Crippen molar-refractivity contribution in [3.05, 3.63) is 29.3 Å². The number of likely N-dealkylation sites (N-methyl/N-ethyl adjacent to an activating group) is 1. The van der Waals surface area contributed by atoms with E-state index in [0.29, 0.717) is 31.3 Å². The van der Waals surface area contributed by atoms with Gasteiger partial charge in [-0.3, -0.25) is 9.69 Å². The lowest BCUT2D eigenvalue weighted by molar-refractivity contribution is -0.131. The van der Waals surface area contributed by atoms with Crippen molar-refractivity contribution >= 4 is 17.5 Å². The molecule has 128 valence electrons. The minimum absolute atomic E-state index is 0.117. The van der Waals surface area contributed by atoms with Crippen molar-refractivity contribution in [1.29, 1.82) is 0 Å². The van der Waals surface area contributed by atoms with E-state index in [1.54, 1.807) is 17.0 Å². The standard InChI is InChI=1S/C17H26ClN3O2/c1-17(12-19)7-8-21(13-17)11-16(22)20(2)9-10-23-15-5-3-14(18)4-6-15/h3-6H,7-13,19H2,1-2H3. The third-order valence-corrected chi connectivity index (χ3v) is 4.68. The van der Waals surface area contributed by atoms with Crippen LogP contribution < -0.4 is 10.5 Å². The molecule has 2 N–H and O–H groups in total. The number of hydrogen-bond acceptors (Lipinski definition) is 4. The minimum Gasteiger partial charge on any atom is -0.492 e. The molecule has 1 unspecified atom stereocenters. The number of benzene rings is 1. The quantitative estimate of drug-likeness (QED) is 0.823. The Morgan fingerprint density at radius 3 is 2.74 bits per heavy atom. The Bertz CT molecular complexity index is 523. The van der Waals surface area contributed by atoms with Crippen LogP contribution in [0.1, 0.15) is 13.3 Å². The molecule has 1 atom stereocenters. The zero-order chi connectivity index (χ0) is 16.9. The summed E-state index contributed by atoms with van der Waals surface area (Å²) in [6.45, 7) is 6.16. The Labute approximate surface area is 143 Å². The summed E-state index contributed by atoms with van der Waals surface area (Å²) in [5.74, 6) is 0.875. The number of hydrogen-bond donors (Lipinski definition) is 1. The molecule has 2 rings (SSSR count). The van der Waals surface area contributed by atoms with Gasteiger partial charge in [0.15, 0.2) is 0 Å². The zero-order valence-electron chi connectivity index (χ0n) is 13.9. The first kappa shape index (κ1) is 18.0. The van der Waals surface area contributed by atoms with Crippen LogP contribution >= 0.6 is 11.6 Å². The Hall–Kier alpha value is -1.30. The highest BCUT2D eigenvalue weighted by molar-refractivity contribution is 6.30. The number of rotatable bonds is 7. The van der Waals surface area contributed by atoms with E-state index in [4.69, 9.17) is 22.1 Å². The van der Waals surface area contributed by atoms with Gasteiger partial charge >= 0.3 is 0 Å². The van der Waals surface area contributed by atoms with Gasteiger partial charge in [-0.05, 0) is 49.2 Å². The lowest BCUT2D eigenvalue weighted by Crippen LogP contribution is -2.40. The summed E-state index contributed by atoms with van der Waals surface area (Å²) >= 11 is 5.83. The third-order valence-electron chi connectivity index (χ3n) is 4.42. The molecule has 0 bridgehead atoms. The van der Waals surface area contributed by atoms with Crippen molar-refractivity contribution in [2.45, 2.75) is 13.3 Å². The van der Waals surface area contributed by atoms with Crippen LogP contribution in [0.3, 0.4) is 0 Å². The molecular weight excluding hydrogens is 314 g/mol. The van der Waals surface area contributed by atoms with Crippen molar-refractivity contribution in [2.75, 3.05) is 46.4 Å². The van der Waals surface area contributed by atoms with Crippen LogP contribution in [0, 0.1) is 5.41 Å². The number of carbonyl (C=O) groups is 1. The van der Waals surface area contributed by atoms with E-state index in [1.165, 1.54) is 0 Å². The summed E-state index contributed by atoms with van der Waals surface area (Å²) in [6.07, 6.45) is 1.06. The number of halogens is 1. The van der Waals surface area contributed by atoms with E-state index in [-0.39, 0.29) is 11.3 Å². The number of amides is 1. The van der Waals surface area contributed by atoms with Crippen molar-refractivity contribution in [3.8, 4) is 5.75 Å². The van der Waals surface area contributed by atoms with Crippen molar-refractivity contribution in [1.82, 2.24) is 9.80 Å². The van der Waals surface area contributed by atoms with Gasteiger partial charge in [-0.1, -0.05) is 18.5 Å². The highest BCUT2D eigenvalue weighted by Gasteiger charge is 2.33. The first-order valence-electron chi connectivity index (χ1n) is 7.97. The number of nitrogens with two attached hydrogens (primary N) is 1. The minimum atomic E-state index is 0.117. The molecule has 1 aromatic carbocycles. The molecule has 1 amide bonds. The maximum atomic E-state index is 12.3. The lowest BCUT2D eigenvalue weighted by Gasteiger charge is -2.24. The second kappa shape index (κ2) is 7.99. The van der Waals surface area contributed by atoms with Crippen LogP contribution in [0.4, 0.5) is 0 Å². The first-order chi connectivity index (χ1) is 10.9. The van der Waals surface area contributed by atoms with E-state index < -0.39 is 0 Å². The molecule has 0 aromatic heterocycles. The Kier molecular flexibility index (Phi) is 6.27. The van der Waals surface area contributed by atoms with Crippen molar-refractivity contribution in [3.63, 3.8) is 0 Å². The monoisotopic (exact) mass is 339 g/mol. The molecule has 23 heavy (non-hydrogen) atoms. The number of carbonyl (C=O) groups excluding carboxylic acids is 1. The van der Waals surface area contributed by atoms with E-state index >= 15 is 0 Å². The van der Waals surface area contributed by atoms with Crippen molar-refractivity contribution in [2.24, 2.45) is 11.1 Å². The van der Waals surface area contributed by atoms with Crippen LogP contribution in [0.25, 0.3) is 0 Å². The highest BCUT2D eigenvalue weighted by atomic mass is 35.5. The summed E-state index contributed by atoms with van der Waals surface area (Å²) in [7, 11) is 1.81. The van der Waals surface area contributed by atoms with Crippen LogP contribution in [0.2, 0.25) is 5.02 Å². The molecule has 6 heteroatoms. The molecule has 1 fully saturated rings. The van der Waals surface area contributed by atoms with Crippen LogP contribution in [0.5, 0.6) is 5.75 Å². The summed E-state index contributed by atoms with van der Waals surface area (Å²) in [6, 6.07) is 7.21. The van der Waals surface area contributed by atoms with Gasteiger partial charge in [-0.15, -0.1) is 0 Å². The highest BCUT2D eigenvalue weighted by Crippen LogP contribution is 2.28. The van der Waals surface area contributed by atoms with E-state index in [0.717, 1.165) is 25.3 Å². The normalized spacial score (nSPS) is 21.4. The van der Waals surface area contributed by atoms with E-state index in [9.17, 15) is 4.79 Å². The van der Waals surface area contributed by atoms with Gasteiger partial charge in [0, 0.05) is 18.6 Å². The maximum absolute atomic E-state index is 12.3. The molecule has 5 nitrogen and oxygen atoms in total. The summed E-state index contributed by atoms with van der Waals surface area (Å²) in [5.41, 5.74) is 5.95. The van der Waals surface area contributed by atoms with Gasteiger partial charge < -0.3 is 15.4 Å². The van der Waals surface area contributed by atoms with Gasteiger partial charge in [-0.25, -0.2) is 0 Å². The predicted octanol–water partition coefficient (Wildman–Crippen LogP) is 1.85. The molecule has 0 radical (unpaired) electrons. The largest absolute Gasteiger partial charge is 0.492 e. The molecule has 0 saturated carbocycles. The van der Waals surface area contributed by atoms with Gasteiger partial charge in [0.1, 0.15) is 12.4 Å². The first-order valence-corrected chi connectivity index (χ1v) is 8.34. The maximum Gasteiger partial charge on any atom is 0.236 e. The van der Waals surface area contributed by atoms with Crippen LogP contribution in [0.15, 0.2) is 24.3 Å². The summed E-state index contributed by atoms with van der Waals surface area (Å²) in [5, 5.41) is 0.680. The summed E-state index contributed by atoms with van der Waals surface area (Å²) in [4.78, 5) is 16.2. The van der Waals surface area contributed by atoms with Gasteiger partial charge in [0.25, 0.3) is 0 Å². The molecule has 1 aliphatic rings. The Balaban J connectivity index is 1.70. The van der Waals surface area contributed by atoms with Crippen LogP contribution in [-0.4, -0.2) is 62.1 Å². The fraction of sp³-hybridized carbons (Fsp3) is 0.588. The van der Waals surface area contributed by atoms with Crippen molar-refractivity contribution < 1.29 is 9.53 Å². The topological polar surface area (TPSA) is 58.8 Å². The van der Waals surface area contributed by atoms with Gasteiger partial charge in [0.2, 0.25) is 5.91 Å². The third kappa shape index (κ3) is 5.37. The van der Waals surface area contributed by atoms with Gasteiger partial charge in [0.05, 0.1) is 13.1 Å². The van der Waals surface area contributed by atoms with Crippen LogP contribution in [-0.2, 0) is 4.79 Å². The molecule has 1 saturated heterocycles. The summed E-state index contributed by atoms with van der Waals surface area (Å²) < 4.78 is 5.62. The Morgan fingerprint density at radius 2 is 2.13 bits per heavy atom. The fourth-order valence-electron chi connectivity index (χ4n) is 2.70. The molecular formula is C17H26ClN3O2. The second-order valence-electron chi connectivity index (χ2n) is 6.59. The number of likely N-dealkylation sites (tertiary alicyclic amines) is 1. The molecule has 0 spiro atoms. The molecule has 1 heterocycles. The number of nitrogens with zero attached hydrogens (tertiary/aromatic N) is 2. The molecule has 1 aliphatic heterocycles. The van der Waals surface area contributed by atoms with E-state index in [1.807, 2.05) is 19.2 Å². The second-order valence-corrected chi connectivity index (χ2v) is 7.03. The smallest absolute Gasteiger partial charge is 0.236 e. The fourth-order valence-corrected chi connectivity index (χ4v) is 2.82. The van der Waals surface area contributed by atoms with Gasteiger partial charge in [-0.2, -0.15) is 0 Å². The predicted molar refractivity (Wildman–Crippen MR) is 92.8 cm³/mol. The zero-order valence-corrected chi connectivity index (χ0v) is 14.7.